The van der Waals surface area contributed by atoms with Crippen LogP contribution in [0.2, 0.25) is 0 Å². The number of thioether (sulfide) groups is 1. The van der Waals surface area contributed by atoms with E-state index in [0.29, 0.717) is 25.6 Å². The second kappa shape index (κ2) is 12.7. The monoisotopic (exact) mass is 513 g/mol. The van der Waals surface area contributed by atoms with Crippen molar-refractivity contribution in [2.24, 2.45) is 4.99 Å². The van der Waals surface area contributed by atoms with E-state index in [0.717, 1.165) is 30.2 Å². The number of guanidine groups is 1. The predicted octanol–water partition coefficient (Wildman–Crippen LogP) is 1.18. The molecule has 26 heavy (non-hydrogen) atoms. The Labute approximate surface area is 177 Å². The van der Waals surface area contributed by atoms with Crippen LogP contribution in [0.5, 0.6) is 0 Å². The van der Waals surface area contributed by atoms with Gasteiger partial charge in [0.2, 0.25) is 10.0 Å². The van der Waals surface area contributed by atoms with Crippen LogP contribution in [0.25, 0.3) is 0 Å². The predicted molar refractivity (Wildman–Crippen MR) is 120 cm³/mol. The molecule has 10 heteroatoms. The third-order valence-electron chi connectivity index (χ3n) is 3.73. The zero-order valence-corrected chi connectivity index (χ0v) is 19.0. The van der Waals surface area contributed by atoms with Crippen LogP contribution < -0.4 is 10.6 Å². The van der Waals surface area contributed by atoms with Gasteiger partial charge in [0.05, 0.1) is 12.3 Å². The molecular formula is C16H28IN5O2S2. The van der Waals surface area contributed by atoms with Crippen molar-refractivity contribution in [3.63, 3.8) is 0 Å². The highest BCUT2D eigenvalue weighted by atomic mass is 127. The highest BCUT2D eigenvalue weighted by Gasteiger charge is 2.23. The summed E-state index contributed by atoms with van der Waals surface area (Å²) in [5.74, 6) is 2.44. The molecule has 7 nitrogen and oxygen atoms in total. The van der Waals surface area contributed by atoms with Crippen molar-refractivity contribution in [2.45, 2.75) is 13.3 Å². The van der Waals surface area contributed by atoms with Crippen molar-refractivity contribution in [1.29, 1.82) is 0 Å². The number of hydrogen-bond acceptors (Lipinski definition) is 5. The van der Waals surface area contributed by atoms with Crippen molar-refractivity contribution < 1.29 is 8.42 Å². The first-order valence-corrected chi connectivity index (χ1v) is 11.4. The van der Waals surface area contributed by atoms with Gasteiger partial charge < -0.3 is 10.6 Å². The second-order valence-corrected chi connectivity index (χ2v) is 8.90. The van der Waals surface area contributed by atoms with Gasteiger partial charge >= 0.3 is 0 Å². The van der Waals surface area contributed by atoms with Gasteiger partial charge in [-0.3, -0.25) is 9.98 Å². The number of aromatic nitrogens is 1. The first kappa shape index (κ1) is 23.4. The minimum absolute atomic E-state index is 0. The SMILES string of the molecule is CCNC(=NCCS(=O)(=O)N1CCSCC1)NCCc1ccccn1.I. The molecule has 0 aliphatic carbocycles. The van der Waals surface area contributed by atoms with Crippen LogP contribution in [0.4, 0.5) is 0 Å². The maximum absolute atomic E-state index is 12.3. The van der Waals surface area contributed by atoms with Crippen LogP contribution in [0, 0.1) is 0 Å². The number of hydrogen-bond donors (Lipinski definition) is 2. The lowest BCUT2D eigenvalue weighted by Gasteiger charge is -2.25. The van der Waals surface area contributed by atoms with E-state index in [1.807, 2.05) is 25.1 Å². The zero-order valence-electron chi connectivity index (χ0n) is 15.1. The standard InChI is InChI=1S/C16H27N5O2S2.HI/c1-2-17-16(19-8-6-15-5-3-4-7-18-15)20-9-14-25(22,23)21-10-12-24-13-11-21;/h3-5,7H,2,6,8-14H2,1H3,(H2,17,19,20);1H. The van der Waals surface area contributed by atoms with Gasteiger partial charge in [-0.05, 0) is 19.1 Å². The fourth-order valence-corrected chi connectivity index (χ4v) is 4.88. The molecule has 2 N–H and O–H groups in total. The van der Waals surface area contributed by atoms with E-state index in [-0.39, 0.29) is 36.3 Å². The smallest absolute Gasteiger partial charge is 0.215 e. The van der Waals surface area contributed by atoms with Crippen LogP contribution >= 0.6 is 35.7 Å². The summed E-state index contributed by atoms with van der Waals surface area (Å²) in [4.78, 5) is 8.67. The minimum Gasteiger partial charge on any atom is -0.357 e. The molecule has 0 saturated carbocycles. The third kappa shape index (κ3) is 8.40. The molecule has 1 aromatic heterocycles. The Morgan fingerprint density at radius 3 is 2.73 bits per heavy atom. The van der Waals surface area contributed by atoms with Crippen molar-refractivity contribution >= 4 is 51.7 Å². The van der Waals surface area contributed by atoms with E-state index in [4.69, 9.17) is 0 Å². The molecule has 1 fully saturated rings. The number of rotatable bonds is 8. The van der Waals surface area contributed by atoms with Gasteiger partial charge in [-0.25, -0.2) is 12.7 Å². The maximum Gasteiger partial charge on any atom is 0.215 e. The minimum atomic E-state index is -3.21. The molecule has 0 spiro atoms. The van der Waals surface area contributed by atoms with Gasteiger partial charge in [-0.1, -0.05) is 6.07 Å². The third-order valence-corrected chi connectivity index (χ3v) is 6.52. The van der Waals surface area contributed by atoms with E-state index in [9.17, 15) is 8.42 Å². The van der Waals surface area contributed by atoms with E-state index in [1.54, 1.807) is 22.3 Å². The molecule has 2 rings (SSSR count). The molecule has 1 aromatic rings. The fourth-order valence-electron chi connectivity index (χ4n) is 2.42. The number of pyridine rings is 1. The van der Waals surface area contributed by atoms with Crippen LogP contribution in [0.1, 0.15) is 12.6 Å². The highest BCUT2D eigenvalue weighted by Crippen LogP contribution is 2.13. The number of nitrogens with zero attached hydrogens (tertiary/aromatic N) is 3. The topological polar surface area (TPSA) is 86.7 Å². The Morgan fingerprint density at radius 1 is 1.31 bits per heavy atom. The van der Waals surface area contributed by atoms with Gasteiger partial charge in [0.1, 0.15) is 0 Å². The Balaban J connectivity index is 0.00000338. The summed E-state index contributed by atoms with van der Waals surface area (Å²) >= 11 is 1.80. The van der Waals surface area contributed by atoms with Crippen molar-refractivity contribution in [1.82, 2.24) is 19.9 Å². The summed E-state index contributed by atoms with van der Waals surface area (Å²) in [6.45, 7) is 4.88. The summed E-state index contributed by atoms with van der Waals surface area (Å²) in [7, 11) is -3.21. The summed E-state index contributed by atoms with van der Waals surface area (Å²) < 4.78 is 26.2. The molecule has 1 saturated heterocycles. The van der Waals surface area contributed by atoms with Gasteiger partial charge in [0, 0.05) is 56.0 Å². The molecule has 2 heterocycles. The van der Waals surface area contributed by atoms with Gasteiger partial charge in [0.25, 0.3) is 0 Å². The molecule has 0 atom stereocenters. The molecule has 0 aromatic carbocycles. The Kier molecular flexibility index (Phi) is 11.5. The lowest BCUT2D eigenvalue weighted by molar-refractivity contribution is 0.444. The first-order chi connectivity index (χ1) is 12.1. The van der Waals surface area contributed by atoms with Crippen molar-refractivity contribution in [3.05, 3.63) is 30.1 Å². The highest BCUT2D eigenvalue weighted by molar-refractivity contribution is 14.0. The number of sulfonamides is 1. The first-order valence-electron chi connectivity index (χ1n) is 8.59. The zero-order chi connectivity index (χ0) is 18.0. The Bertz CT molecular complexity index is 637. The van der Waals surface area contributed by atoms with Gasteiger partial charge in [-0.2, -0.15) is 11.8 Å². The van der Waals surface area contributed by atoms with Crippen molar-refractivity contribution in [2.75, 3.05) is 50.0 Å². The summed E-state index contributed by atoms with van der Waals surface area (Å²) in [5, 5.41) is 6.36. The summed E-state index contributed by atoms with van der Waals surface area (Å²) in [5.41, 5.74) is 1.01. The fraction of sp³-hybridized carbons (Fsp3) is 0.625. The van der Waals surface area contributed by atoms with Crippen LogP contribution in [0.15, 0.2) is 29.4 Å². The maximum atomic E-state index is 12.3. The average molecular weight is 513 g/mol. The van der Waals surface area contributed by atoms with E-state index in [1.165, 1.54) is 0 Å². The summed E-state index contributed by atoms with van der Waals surface area (Å²) in [6.07, 6.45) is 2.56. The number of nitrogens with one attached hydrogen (secondary N) is 2. The normalized spacial score (nSPS) is 16.0. The lowest BCUT2D eigenvalue weighted by atomic mass is 10.3. The van der Waals surface area contributed by atoms with E-state index < -0.39 is 10.0 Å². The number of aliphatic imine (C=N–C) groups is 1. The Hall–Kier alpha value is -0.590. The molecule has 0 bridgehead atoms. The van der Waals surface area contributed by atoms with Crippen molar-refractivity contribution in [3.8, 4) is 0 Å². The van der Waals surface area contributed by atoms with E-state index >= 15 is 0 Å². The lowest BCUT2D eigenvalue weighted by Crippen LogP contribution is -2.41. The van der Waals surface area contributed by atoms with Crippen LogP contribution in [-0.2, 0) is 16.4 Å². The molecule has 0 amide bonds. The molecule has 1 aliphatic heterocycles. The average Bonchev–Trinajstić information content (AvgIpc) is 2.63. The Morgan fingerprint density at radius 2 is 2.08 bits per heavy atom. The molecule has 148 valence electrons. The van der Waals surface area contributed by atoms with Crippen LogP contribution in [-0.4, -0.2) is 73.6 Å². The molecule has 0 unspecified atom stereocenters. The van der Waals surface area contributed by atoms with Gasteiger partial charge in [-0.15, -0.1) is 24.0 Å². The van der Waals surface area contributed by atoms with Gasteiger partial charge in [0.15, 0.2) is 5.96 Å². The summed E-state index contributed by atoms with van der Waals surface area (Å²) in [6, 6.07) is 5.84. The quantitative estimate of drug-likeness (QED) is 0.309. The number of halogens is 1. The molecular weight excluding hydrogens is 485 g/mol. The van der Waals surface area contributed by atoms with Crippen LogP contribution in [0.3, 0.4) is 0 Å². The van der Waals surface area contributed by atoms with E-state index in [2.05, 4.69) is 20.6 Å². The second-order valence-electron chi connectivity index (χ2n) is 5.59. The molecule has 1 aliphatic rings. The molecule has 0 radical (unpaired) electrons. The largest absolute Gasteiger partial charge is 0.357 e.